The third-order valence-electron chi connectivity index (χ3n) is 13.5. The van der Waals surface area contributed by atoms with Crippen molar-refractivity contribution in [1.82, 2.24) is 0 Å². The van der Waals surface area contributed by atoms with Gasteiger partial charge in [0.05, 0.1) is 11.4 Å². The van der Waals surface area contributed by atoms with Crippen molar-refractivity contribution in [2.45, 2.75) is 38.5 Å². The first-order chi connectivity index (χ1) is 29.8. The zero-order valence-corrected chi connectivity index (χ0v) is 35.2. The highest BCUT2D eigenvalue weighted by atomic mass is 15.1. The van der Waals surface area contributed by atoms with Crippen molar-refractivity contribution in [2.75, 3.05) is 4.90 Å². The van der Waals surface area contributed by atoms with Gasteiger partial charge in [-0.15, -0.1) is 0 Å². The Bertz CT molecular complexity index is 3130. The van der Waals surface area contributed by atoms with Gasteiger partial charge in [-0.05, 0) is 108 Å². The van der Waals surface area contributed by atoms with Gasteiger partial charge in [0.15, 0.2) is 0 Å². The minimum Gasteiger partial charge on any atom is -0.309 e. The van der Waals surface area contributed by atoms with Crippen LogP contribution in [0.25, 0.3) is 66.8 Å². The third kappa shape index (κ3) is 5.83. The van der Waals surface area contributed by atoms with Crippen LogP contribution in [0.2, 0.25) is 0 Å². The first kappa shape index (κ1) is 36.8. The van der Waals surface area contributed by atoms with E-state index in [1.54, 1.807) is 0 Å². The van der Waals surface area contributed by atoms with E-state index in [0.717, 1.165) is 17.1 Å². The van der Waals surface area contributed by atoms with E-state index in [1.807, 2.05) is 0 Å². The van der Waals surface area contributed by atoms with Crippen molar-refractivity contribution in [1.29, 1.82) is 0 Å². The van der Waals surface area contributed by atoms with Gasteiger partial charge in [-0.2, -0.15) is 0 Å². The Labute approximate surface area is 360 Å². The minimum atomic E-state index is -0.171. The Morgan fingerprint density at radius 2 is 0.738 bits per heavy atom. The molecule has 292 valence electrons. The highest BCUT2D eigenvalue weighted by molar-refractivity contribution is 5.99. The predicted octanol–water partition coefficient (Wildman–Crippen LogP) is 16.4. The van der Waals surface area contributed by atoms with Gasteiger partial charge >= 0.3 is 0 Å². The van der Waals surface area contributed by atoms with Crippen LogP contribution in [-0.4, -0.2) is 0 Å². The summed E-state index contributed by atoms with van der Waals surface area (Å²) in [5.74, 6) is 0. The molecule has 9 aromatic carbocycles. The zero-order valence-electron chi connectivity index (χ0n) is 35.2. The number of anilines is 3. The molecule has 0 fully saturated rings. The summed E-state index contributed by atoms with van der Waals surface area (Å²) in [6.45, 7) is 9.53. The molecule has 11 rings (SSSR count). The van der Waals surface area contributed by atoms with Crippen LogP contribution in [0.1, 0.15) is 49.9 Å². The van der Waals surface area contributed by atoms with Crippen molar-refractivity contribution in [3.63, 3.8) is 0 Å². The predicted molar refractivity (Wildman–Crippen MR) is 258 cm³/mol. The van der Waals surface area contributed by atoms with Crippen molar-refractivity contribution in [3.8, 4) is 66.8 Å². The second-order valence-corrected chi connectivity index (χ2v) is 17.7. The number of hydrogen-bond donors (Lipinski definition) is 0. The van der Waals surface area contributed by atoms with Crippen LogP contribution in [-0.2, 0) is 10.8 Å². The van der Waals surface area contributed by atoms with Gasteiger partial charge in [-0.1, -0.05) is 210 Å². The molecule has 2 aliphatic rings. The molecule has 0 bridgehead atoms. The molecular formula is C60H47N. The van der Waals surface area contributed by atoms with Crippen LogP contribution in [0.5, 0.6) is 0 Å². The van der Waals surface area contributed by atoms with Crippen molar-refractivity contribution < 1.29 is 0 Å². The molecular weight excluding hydrogens is 735 g/mol. The number of hydrogen-bond acceptors (Lipinski definition) is 1. The summed E-state index contributed by atoms with van der Waals surface area (Å²) in [6.07, 6.45) is 0. The summed E-state index contributed by atoms with van der Waals surface area (Å²) >= 11 is 0. The molecule has 0 saturated heterocycles. The summed E-state index contributed by atoms with van der Waals surface area (Å²) < 4.78 is 0. The molecule has 0 amide bonds. The van der Waals surface area contributed by atoms with Gasteiger partial charge < -0.3 is 4.90 Å². The number of fused-ring (bicyclic) bond motifs is 6. The number of para-hydroxylation sites is 2. The molecule has 1 nitrogen and oxygen atoms in total. The Hall–Kier alpha value is -7.22. The standard InChI is InChI=1S/C60H47N/c1-59(2)53-30-15-11-25-46(53)48-37-35-43(39-55(48)59)61(57-33-18-14-27-49(57)51-29-19-28-50-47-26-12-16-31-54(47)60(3,4)58(50)51)56-32-17-13-24-45(56)42-34-36-44(40-20-7-5-8-21-40)52(38-42)41-22-9-6-10-23-41/h5-39H,1-4H3. The fourth-order valence-corrected chi connectivity index (χ4v) is 10.6. The van der Waals surface area contributed by atoms with Gasteiger partial charge in [0, 0.05) is 27.6 Å². The van der Waals surface area contributed by atoms with E-state index in [4.69, 9.17) is 0 Å². The maximum atomic E-state index is 2.53. The SMILES string of the molecule is CC1(C)c2ccccc2-c2ccc(N(c3ccccc3-c3ccc(-c4ccccc4)c(-c4ccccc4)c3)c3ccccc3-c3cccc4c3C(C)(C)c3ccccc3-4)cc21. The lowest BCUT2D eigenvalue weighted by atomic mass is 9.78. The smallest absolute Gasteiger partial charge is 0.0540 e. The van der Waals surface area contributed by atoms with E-state index in [2.05, 4.69) is 245 Å². The van der Waals surface area contributed by atoms with Gasteiger partial charge in [-0.25, -0.2) is 0 Å². The second kappa shape index (κ2) is 14.2. The summed E-state index contributed by atoms with van der Waals surface area (Å²) in [5, 5.41) is 0. The molecule has 61 heavy (non-hydrogen) atoms. The van der Waals surface area contributed by atoms with E-state index in [0.29, 0.717) is 0 Å². The molecule has 2 aliphatic carbocycles. The van der Waals surface area contributed by atoms with E-state index >= 15 is 0 Å². The van der Waals surface area contributed by atoms with Crippen LogP contribution >= 0.6 is 0 Å². The van der Waals surface area contributed by atoms with Crippen LogP contribution in [0.15, 0.2) is 212 Å². The first-order valence-electron chi connectivity index (χ1n) is 21.5. The molecule has 0 aromatic heterocycles. The zero-order chi connectivity index (χ0) is 41.3. The molecule has 0 spiro atoms. The Morgan fingerprint density at radius 1 is 0.279 bits per heavy atom. The fourth-order valence-electron chi connectivity index (χ4n) is 10.6. The van der Waals surface area contributed by atoms with Gasteiger partial charge in [0.2, 0.25) is 0 Å². The summed E-state index contributed by atoms with van der Waals surface area (Å²) in [4.78, 5) is 2.53. The first-order valence-corrected chi connectivity index (χ1v) is 21.5. The molecule has 0 N–H and O–H groups in total. The molecule has 0 atom stereocenters. The average Bonchev–Trinajstić information content (AvgIpc) is 3.69. The molecule has 0 heterocycles. The van der Waals surface area contributed by atoms with Gasteiger partial charge in [0.1, 0.15) is 0 Å². The normalized spacial score (nSPS) is 13.8. The number of nitrogens with zero attached hydrogens (tertiary/aromatic N) is 1. The van der Waals surface area contributed by atoms with Crippen LogP contribution in [0, 0.1) is 0 Å². The molecule has 0 unspecified atom stereocenters. The maximum absolute atomic E-state index is 2.53. The largest absolute Gasteiger partial charge is 0.309 e. The van der Waals surface area contributed by atoms with Crippen molar-refractivity contribution in [3.05, 3.63) is 235 Å². The monoisotopic (exact) mass is 781 g/mol. The van der Waals surface area contributed by atoms with Crippen LogP contribution in [0.4, 0.5) is 17.1 Å². The lowest BCUT2D eigenvalue weighted by Gasteiger charge is -2.32. The lowest BCUT2D eigenvalue weighted by Crippen LogP contribution is -2.18. The summed E-state index contributed by atoms with van der Waals surface area (Å²) in [7, 11) is 0. The van der Waals surface area contributed by atoms with Crippen molar-refractivity contribution in [2.24, 2.45) is 0 Å². The molecule has 0 aliphatic heterocycles. The molecule has 9 aromatic rings. The van der Waals surface area contributed by atoms with Gasteiger partial charge in [0.25, 0.3) is 0 Å². The highest BCUT2D eigenvalue weighted by Crippen LogP contribution is 2.56. The topological polar surface area (TPSA) is 3.24 Å². The van der Waals surface area contributed by atoms with Crippen LogP contribution < -0.4 is 4.90 Å². The second-order valence-electron chi connectivity index (χ2n) is 17.7. The fraction of sp³-hybridized carbons (Fsp3) is 0.100. The Morgan fingerprint density at radius 3 is 1.41 bits per heavy atom. The molecule has 1 heteroatoms. The van der Waals surface area contributed by atoms with E-state index < -0.39 is 0 Å². The van der Waals surface area contributed by atoms with E-state index in [-0.39, 0.29) is 10.8 Å². The summed E-state index contributed by atoms with van der Waals surface area (Å²) in [6, 6.07) is 78.6. The molecule has 0 saturated carbocycles. The Kier molecular flexibility index (Phi) is 8.58. The summed E-state index contributed by atoms with van der Waals surface area (Å²) in [5.41, 5.74) is 23.5. The highest BCUT2D eigenvalue weighted by Gasteiger charge is 2.39. The number of rotatable bonds is 7. The average molecular weight is 782 g/mol. The third-order valence-corrected chi connectivity index (χ3v) is 13.5. The molecule has 0 radical (unpaired) electrons. The van der Waals surface area contributed by atoms with E-state index in [9.17, 15) is 0 Å². The maximum Gasteiger partial charge on any atom is 0.0540 e. The quantitative estimate of drug-likeness (QED) is 0.156. The Balaban J connectivity index is 1.16. The van der Waals surface area contributed by atoms with Crippen LogP contribution in [0.3, 0.4) is 0 Å². The minimum absolute atomic E-state index is 0.152. The van der Waals surface area contributed by atoms with Crippen molar-refractivity contribution >= 4 is 17.1 Å². The van der Waals surface area contributed by atoms with Gasteiger partial charge in [-0.3, -0.25) is 0 Å². The number of benzene rings is 9. The lowest BCUT2D eigenvalue weighted by molar-refractivity contribution is 0.660. The van der Waals surface area contributed by atoms with E-state index in [1.165, 1.54) is 89.0 Å².